The topological polar surface area (TPSA) is 28.7 Å². The summed E-state index contributed by atoms with van der Waals surface area (Å²) in [5.74, 6) is 0. The van der Waals surface area contributed by atoms with Crippen molar-refractivity contribution in [1.29, 1.82) is 0 Å². The van der Waals surface area contributed by atoms with Crippen LogP contribution in [0.15, 0.2) is 54.7 Å². The minimum Gasteiger partial charge on any atom is -0.359 e. The molecule has 0 aromatic heterocycles. The third-order valence-corrected chi connectivity index (χ3v) is 3.23. The van der Waals surface area contributed by atoms with E-state index >= 15 is 0 Å². The van der Waals surface area contributed by atoms with Gasteiger partial charge in [0.2, 0.25) is 0 Å². The summed E-state index contributed by atoms with van der Waals surface area (Å²) >= 11 is 0. The zero-order valence-electron chi connectivity index (χ0n) is 9.55. The van der Waals surface area contributed by atoms with E-state index < -0.39 is 0 Å². The second kappa shape index (κ2) is 4.24. The van der Waals surface area contributed by atoms with Crippen molar-refractivity contribution >= 4 is 45.8 Å². The molecule has 2 aliphatic heterocycles. The van der Waals surface area contributed by atoms with Gasteiger partial charge in [-0.15, -0.1) is 24.0 Å². The van der Waals surface area contributed by atoms with Crippen LogP contribution in [-0.2, 0) is 0 Å². The quantitative estimate of drug-likeness (QED) is 0.469. The first-order valence-corrected chi connectivity index (χ1v) is 5.68. The summed E-state index contributed by atoms with van der Waals surface area (Å²) < 4.78 is 0. The Balaban J connectivity index is 0.000001000. The number of aromatic amines is 1. The fourth-order valence-corrected chi connectivity index (χ4v) is 2.47. The highest BCUT2D eigenvalue weighted by molar-refractivity contribution is 14.0. The molecule has 2 aliphatic rings. The molecule has 0 unspecified atom stereocenters. The Morgan fingerprint density at radius 2 is 1.56 bits per heavy atom. The summed E-state index contributed by atoms with van der Waals surface area (Å²) in [6.07, 6.45) is 1.98. The van der Waals surface area contributed by atoms with Crippen molar-refractivity contribution in [2.45, 2.75) is 0 Å². The molecule has 0 aliphatic carbocycles. The van der Waals surface area contributed by atoms with Crippen LogP contribution in [0.5, 0.6) is 0 Å². The minimum absolute atomic E-state index is 0. The van der Waals surface area contributed by atoms with Crippen molar-refractivity contribution in [2.75, 3.05) is 0 Å². The Kier molecular flexibility index (Phi) is 2.70. The molecule has 0 saturated heterocycles. The lowest BCUT2D eigenvalue weighted by Crippen LogP contribution is -1.84. The molecule has 0 bridgehead atoms. The molecule has 0 saturated carbocycles. The van der Waals surface area contributed by atoms with E-state index in [1.807, 2.05) is 18.3 Å². The largest absolute Gasteiger partial charge is 0.359 e. The number of halogens is 1. The van der Waals surface area contributed by atoms with Gasteiger partial charge in [-0.05, 0) is 12.1 Å². The van der Waals surface area contributed by atoms with E-state index in [1.54, 1.807) is 0 Å². The molecule has 2 aromatic rings. The zero-order valence-corrected chi connectivity index (χ0v) is 11.9. The molecule has 0 amide bonds. The van der Waals surface area contributed by atoms with Crippen LogP contribution in [0.4, 0.5) is 0 Å². The summed E-state index contributed by atoms with van der Waals surface area (Å²) in [6, 6.07) is 16.6. The fourth-order valence-electron chi connectivity index (χ4n) is 2.47. The van der Waals surface area contributed by atoms with E-state index in [2.05, 4.69) is 46.4 Å². The molecule has 18 heavy (non-hydrogen) atoms. The molecular formula is C15H11IN2. The van der Waals surface area contributed by atoms with Crippen LogP contribution in [0.25, 0.3) is 33.1 Å². The highest BCUT2D eigenvalue weighted by Crippen LogP contribution is 2.35. The van der Waals surface area contributed by atoms with Gasteiger partial charge in [0.05, 0.1) is 11.2 Å². The van der Waals surface area contributed by atoms with E-state index in [0.717, 1.165) is 16.7 Å². The Hall–Kier alpha value is -1.62. The molecule has 3 heteroatoms. The highest BCUT2D eigenvalue weighted by atomic mass is 127. The lowest BCUT2D eigenvalue weighted by molar-refractivity contribution is 1.35. The second-order valence-electron chi connectivity index (χ2n) is 4.22. The standard InChI is InChI=1S/C15H10N2.HI/c1-3-7-12-10(5-1)15-11-6-2-4-8-13(11)17-14(15)9-16-12;/h1-9,16H;1H. The molecule has 4 rings (SSSR count). The van der Waals surface area contributed by atoms with Gasteiger partial charge in [0, 0.05) is 28.0 Å². The maximum absolute atomic E-state index is 4.63. The van der Waals surface area contributed by atoms with Gasteiger partial charge in [-0.3, -0.25) is 0 Å². The lowest BCUT2D eigenvalue weighted by atomic mass is 10.0. The van der Waals surface area contributed by atoms with Crippen molar-refractivity contribution in [2.24, 2.45) is 0 Å². The Labute approximate surface area is 121 Å². The van der Waals surface area contributed by atoms with Crippen molar-refractivity contribution in [1.82, 2.24) is 9.97 Å². The van der Waals surface area contributed by atoms with Crippen LogP contribution >= 0.6 is 24.0 Å². The number of pyridine rings is 1. The number of hydrogen-bond acceptors (Lipinski definition) is 1. The van der Waals surface area contributed by atoms with Gasteiger partial charge >= 0.3 is 0 Å². The predicted octanol–water partition coefficient (Wildman–Crippen LogP) is 4.44. The van der Waals surface area contributed by atoms with Gasteiger partial charge in [-0.1, -0.05) is 36.4 Å². The van der Waals surface area contributed by atoms with E-state index in [4.69, 9.17) is 0 Å². The molecule has 0 fully saturated rings. The molecule has 2 aromatic carbocycles. The summed E-state index contributed by atoms with van der Waals surface area (Å²) in [5, 5.41) is 2.46. The van der Waals surface area contributed by atoms with E-state index in [0.29, 0.717) is 0 Å². The van der Waals surface area contributed by atoms with Gasteiger partial charge in [-0.25, -0.2) is 4.98 Å². The number of H-pyrrole nitrogens is 1. The van der Waals surface area contributed by atoms with Crippen molar-refractivity contribution < 1.29 is 0 Å². The monoisotopic (exact) mass is 346 g/mol. The summed E-state index contributed by atoms with van der Waals surface area (Å²) in [4.78, 5) is 7.93. The van der Waals surface area contributed by atoms with Gasteiger partial charge in [0.15, 0.2) is 0 Å². The third-order valence-electron chi connectivity index (χ3n) is 3.23. The van der Waals surface area contributed by atoms with Crippen LogP contribution < -0.4 is 0 Å². The van der Waals surface area contributed by atoms with Gasteiger partial charge in [-0.2, -0.15) is 0 Å². The first-order chi connectivity index (χ1) is 8.43. The SMILES string of the molecule is I.c1ccc2c3c4ccccc4[nH]cc-3nc2c1. The first-order valence-electron chi connectivity index (χ1n) is 5.68. The van der Waals surface area contributed by atoms with E-state index in [1.165, 1.54) is 16.3 Å². The van der Waals surface area contributed by atoms with Gasteiger partial charge < -0.3 is 4.98 Å². The highest BCUT2D eigenvalue weighted by Gasteiger charge is 2.14. The van der Waals surface area contributed by atoms with Crippen LogP contribution in [0, 0.1) is 0 Å². The molecule has 0 spiro atoms. The van der Waals surface area contributed by atoms with Crippen LogP contribution in [0.1, 0.15) is 0 Å². The number of fused-ring (bicyclic) bond motifs is 5. The molecule has 2 heterocycles. The Bertz CT molecular complexity index is 798. The van der Waals surface area contributed by atoms with Gasteiger partial charge in [0.25, 0.3) is 0 Å². The number of benzene rings is 2. The smallest absolute Gasteiger partial charge is 0.0883 e. The first kappa shape index (κ1) is 11.5. The van der Waals surface area contributed by atoms with Crippen LogP contribution in [0.2, 0.25) is 0 Å². The summed E-state index contributed by atoms with van der Waals surface area (Å²) in [5.41, 5.74) is 4.49. The fraction of sp³-hybridized carbons (Fsp3) is 0. The number of nitrogens with one attached hydrogen (secondary N) is 1. The molecule has 88 valence electrons. The van der Waals surface area contributed by atoms with E-state index in [9.17, 15) is 0 Å². The zero-order chi connectivity index (χ0) is 11.2. The number of hydrogen-bond donors (Lipinski definition) is 1. The van der Waals surface area contributed by atoms with Crippen molar-refractivity contribution in [3.63, 3.8) is 0 Å². The molecule has 2 nitrogen and oxygen atoms in total. The average molecular weight is 346 g/mol. The average Bonchev–Trinajstić information content (AvgIpc) is 2.77. The third kappa shape index (κ3) is 1.50. The Morgan fingerprint density at radius 3 is 2.44 bits per heavy atom. The van der Waals surface area contributed by atoms with Gasteiger partial charge in [0.1, 0.15) is 0 Å². The van der Waals surface area contributed by atoms with Crippen LogP contribution in [-0.4, -0.2) is 9.97 Å². The van der Waals surface area contributed by atoms with Crippen LogP contribution in [0.3, 0.4) is 0 Å². The number of rotatable bonds is 0. The summed E-state index contributed by atoms with van der Waals surface area (Å²) in [6.45, 7) is 0. The molecule has 0 radical (unpaired) electrons. The maximum atomic E-state index is 4.63. The lowest BCUT2D eigenvalue weighted by Gasteiger charge is -2.04. The van der Waals surface area contributed by atoms with Crippen molar-refractivity contribution in [3.05, 3.63) is 54.7 Å². The Morgan fingerprint density at radius 1 is 0.833 bits per heavy atom. The molecular weight excluding hydrogens is 335 g/mol. The number of aromatic nitrogens is 2. The number of para-hydroxylation sites is 2. The van der Waals surface area contributed by atoms with E-state index in [-0.39, 0.29) is 24.0 Å². The second-order valence-corrected chi connectivity index (χ2v) is 4.22. The molecule has 1 N–H and O–H groups in total. The predicted molar refractivity (Wildman–Crippen MR) is 85.6 cm³/mol. The summed E-state index contributed by atoms with van der Waals surface area (Å²) in [7, 11) is 0. The normalized spacial score (nSPS) is 10.9. The maximum Gasteiger partial charge on any atom is 0.0883 e. The minimum atomic E-state index is 0. The van der Waals surface area contributed by atoms with Crippen molar-refractivity contribution in [3.8, 4) is 11.3 Å². The molecule has 0 atom stereocenters. The number of nitrogens with zero attached hydrogens (tertiary/aromatic N) is 1.